The molecule has 0 saturated carbocycles. The van der Waals surface area contributed by atoms with Crippen LogP contribution in [-0.4, -0.2) is 30.9 Å². The van der Waals surface area contributed by atoms with E-state index in [0.717, 1.165) is 29.7 Å². The second-order valence-electron chi connectivity index (χ2n) is 6.15. The maximum atomic E-state index is 12.3. The van der Waals surface area contributed by atoms with Crippen LogP contribution in [0.15, 0.2) is 18.2 Å². The quantitative estimate of drug-likeness (QED) is 0.396. The van der Waals surface area contributed by atoms with Crippen molar-refractivity contribution >= 4 is 45.5 Å². The van der Waals surface area contributed by atoms with Gasteiger partial charge >= 0.3 is 5.97 Å². The van der Waals surface area contributed by atoms with E-state index in [1.165, 1.54) is 18.4 Å². The van der Waals surface area contributed by atoms with Crippen LogP contribution >= 0.6 is 23.6 Å². The number of carbonyl (C=O) groups is 2. The average Bonchev–Trinajstić information content (AvgIpc) is 3.40. The van der Waals surface area contributed by atoms with Gasteiger partial charge in [0.1, 0.15) is 5.00 Å². The first-order chi connectivity index (χ1) is 13.6. The molecule has 0 spiro atoms. The summed E-state index contributed by atoms with van der Waals surface area (Å²) in [5.74, 6) is 0.338. The number of thiocarbonyl (C=S) groups is 1. The molecule has 0 atom stereocenters. The van der Waals surface area contributed by atoms with E-state index >= 15 is 0 Å². The number of benzene rings is 1. The number of rotatable bonds is 3. The molecule has 2 heterocycles. The van der Waals surface area contributed by atoms with Crippen molar-refractivity contribution in [2.45, 2.75) is 19.3 Å². The smallest absolute Gasteiger partial charge is 0.341 e. The summed E-state index contributed by atoms with van der Waals surface area (Å²) in [5.41, 5.74) is 7.10. The lowest BCUT2D eigenvalue weighted by molar-refractivity contribution is 0.0601. The first-order valence-electron chi connectivity index (χ1n) is 8.56. The Morgan fingerprint density at radius 2 is 2.00 bits per heavy atom. The minimum Gasteiger partial charge on any atom is -0.465 e. The summed E-state index contributed by atoms with van der Waals surface area (Å²) in [6.45, 7) is 0.139. The van der Waals surface area contributed by atoms with Crippen molar-refractivity contribution in [1.82, 2.24) is 10.9 Å². The van der Waals surface area contributed by atoms with E-state index in [0.29, 0.717) is 27.6 Å². The molecule has 1 amide bonds. The van der Waals surface area contributed by atoms with Crippen molar-refractivity contribution < 1.29 is 23.8 Å². The van der Waals surface area contributed by atoms with Crippen molar-refractivity contribution in [2.24, 2.45) is 0 Å². The van der Waals surface area contributed by atoms with Crippen LogP contribution in [0.2, 0.25) is 0 Å². The van der Waals surface area contributed by atoms with Crippen molar-refractivity contribution in [3.05, 3.63) is 39.8 Å². The summed E-state index contributed by atoms with van der Waals surface area (Å²) in [6.07, 6.45) is 2.81. The summed E-state index contributed by atoms with van der Waals surface area (Å²) in [7, 11) is 1.35. The van der Waals surface area contributed by atoms with E-state index in [4.69, 9.17) is 26.4 Å². The molecule has 2 aliphatic rings. The number of nitrogens with one attached hydrogen (secondary N) is 3. The van der Waals surface area contributed by atoms with Crippen LogP contribution in [0.3, 0.4) is 0 Å². The number of aryl methyl sites for hydroxylation is 1. The summed E-state index contributed by atoms with van der Waals surface area (Å²) in [6, 6.07) is 4.89. The Hall–Kier alpha value is -2.85. The van der Waals surface area contributed by atoms with Crippen LogP contribution in [0.25, 0.3) is 0 Å². The van der Waals surface area contributed by atoms with E-state index < -0.39 is 5.97 Å². The highest BCUT2D eigenvalue weighted by atomic mass is 32.1. The van der Waals surface area contributed by atoms with Crippen LogP contribution in [-0.2, 0) is 17.6 Å². The fraction of sp³-hybridized carbons (Fsp3) is 0.278. The van der Waals surface area contributed by atoms with Crippen LogP contribution in [0.1, 0.15) is 37.6 Å². The molecule has 1 aromatic carbocycles. The zero-order valence-corrected chi connectivity index (χ0v) is 16.6. The number of thiophene rings is 1. The first-order valence-corrected chi connectivity index (χ1v) is 9.79. The standard InChI is InChI=1S/C18H17N3O5S2/c1-24-17(23)14-10-3-2-4-13(10)28-16(14)19-18(27)21-20-15(22)9-5-6-11-12(7-9)26-8-25-11/h5-7H,2-4,8H2,1H3,(H,20,22)(H2,19,21,27). The highest BCUT2D eigenvalue weighted by Crippen LogP contribution is 2.39. The third kappa shape index (κ3) is 3.48. The maximum Gasteiger partial charge on any atom is 0.341 e. The first kappa shape index (κ1) is 18.5. The van der Waals surface area contributed by atoms with E-state index in [9.17, 15) is 9.59 Å². The lowest BCUT2D eigenvalue weighted by Crippen LogP contribution is -2.43. The molecule has 1 aromatic heterocycles. The van der Waals surface area contributed by atoms with E-state index in [-0.39, 0.29) is 17.8 Å². The Labute approximate surface area is 170 Å². The molecule has 28 heavy (non-hydrogen) atoms. The molecule has 0 saturated heterocycles. The topological polar surface area (TPSA) is 97.9 Å². The molecular formula is C18H17N3O5S2. The zero-order chi connectivity index (χ0) is 19.7. The Balaban J connectivity index is 1.40. The highest BCUT2D eigenvalue weighted by Gasteiger charge is 2.27. The average molecular weight is 419 g/mol. The van der Waals surface area contributed by atoms with Crippen molar-refractivity contribution in [1.29, 1.82) is 0 Å². The lowest BCUT2D eigenvalue weighted by atomic mass is 10.1. The number of carbonyl (C=O) groups excluding carboxylic acids is 2. The molecule has 0 bridgehead atoms. The Morgan fingerprint density at radius 1 is 1.18 bits per heavy atom. The molecule has 8 nitrogen and oxygen atoms in total. The predicted molar refractivity (Wildman–Crippen MR) is 107 cm³/mol. The Kier molecular flexibility index (Phi) is 5.05. The zero-order valence-electron chi connectivity index (χ0n) is 14.9. The van der Waals surface area contributed by atoms with Gasteiger partial charge in [-0.15, -0.1) is 11.3 Å². The van der Waals surface area contributed by atoms with E-state index in [1.807, 2.05) is 0 Å². The molecule has 0 fully saturated rings. The molecule has 2 aromatic rings. The Morgan fingerprint density at radius 3 is 2.82 bits per heavy atom. The molecule has 146 valence electrons. The van der Waals surface area contributed by atoms with Gasteiger partial charge in [-0.3, -0.25) is 15.6 Å². The summed E-state index contributed by atoms with van der Waals surface area (Å²) in [4.78, 5) is 25.6. The SMILES string of the molecule is COC(=O)c1c(NC(=S)NNC(=O)c2ccc3c(c2)OCO3)sc2c1CCC2. The van der Waals surface area contributed by atoms with Gasteiger partial charge in [0.05, 0.1) is 12.7 Å². The van der Waals surface area contributed by atoms with Crippen molar-refractivity contribution in [3.63, 3.8) is 0 Å². The van der Waals surface area contributed by atoms with E-state index in [1.54, 1.807) is 18.2 Å². The number of ether oxygens (including phenoxy) is 3. The number of hydrogen-bond acceptors (Lipinski definition) is 7. The normalized spacial score (nSPS) is 13.6. The summed E-state index contributed by atoms with van der Waals surface area (Å²) < 4.78 is 15.4. The minimum atomic E-state index is -0.394. The van der Waals surface area contributed by atoms with Gasteiger partial charge in [0.25, 0.3) is 5.91 Å². The molecule has 1 aliphatic carbocycles. The van der Waals surface area contributed by atoms with Crippen LogP contribution < -0.4 is 25.6 Å². The molecule has 10 heteroatoms. The summed E-state index contributed by atoms with van der Waals surface area (Å²) in [5, 5.41) is 3.77. The third-order valence-corrected chi connectivity index (χ3v) is 5.87. The second kappa shape index (κ2) is 7.64. The van der Waals surface area contributed by atoms with Gasteiger partial charge in [0.15, 0.2) is 16.6 Å². The fourth-order valence-corrected chi connectivity index (χ4v) is 4.67. The second-order valence-corrected chi connectivity index (χ2v) is 7.67. The van der Waals surface area contributed by atoms with Gasteiger partial charge in [0, 0.05) is 10.4 Å². The number of hydrogen-bond donors (Lipinski definition) is 3. The molecule has 1 aliphatic heterocycles. The molecule has 4 rings (SSSR count). The number of anilines is 1. The molecular weight excluding hydrogens is 402 g/mol. The minimum absolute atomic E-state index is 0.139. The number of amides is 1. The molecule has 3 N–H and O–H groups in total. The predicted octanol–water partition coefficient (Wildman–Crippen LogP) is 2.38. The van der Waals surface area contributed by atoms with Gasteiger partial charge in [0.2, 0.25) is 6.79 Å². The number of hydrazine groups is 1. The van der Waals surface area contributed by atoms with Gasteiger partial charge < -0.3 is 19.5 Å². The lowest BCUT2D eigenvalue weighted by Gasteiger charge is -2.12. The molecule has 0 unspecified atom stereocenters. The number of esters is 1. The van der Waals surface area contributed by atoms with Gasteiger partial charge in [-0.1, -0.05) is 0 Å². The van der Waals surface area contributed by atoms with Crippen molar-refractivity contribution in [3.8, 4) is 11.5 Å². The number of methoxy groups -OCH3 is 1. The van der Waals surface area contributed by atoms with Crippen LogP contribution in [0.5, 0.6) is 11.5 Å². The van der Waals surface area contributed by atoms with Gasteiger partial charge in [-0.05, 0) is 55.2 Å². The monoisotopic (exact) mass is 419 g/mol. The highest BCUT2D eigenvalue weighted by molar-refractivity contribution is 7.80. The van der Waals surface area contributed by atoms with Gasteiger partial charge in [-0.2, -0.15) is 0 Å². The maximum absolute atomic E-state index is 12.3. The Bertz CT molecular complexity index is 972. The largest absolute Gasteiger partial charge is 0.465 e. The summed E-state index contributed by atoms with van der Waals surface area (Å²) >= 11 is 6.73. The van der Waals surface area contributed by atoms with Crippen LogP contribution in [0, 0.1) is 0 Å². The third-order valence-electron chi connectivity index (χ3n) is 4.46. The molecule has 0 radical (unpaired) electrons. The van der Waals surface area contributed by atoms with Crippen LogP contribution in [0.4, 0.5) is 5.00 Å². The van der Waals surface area contributed by atoms with E-state index in [2.05, 4.69) is 16.2 Å². The number of fused-ring (bicyclic) bond motifs is 2. The van der Waals surface area contributed by atoms with Crippen molar-refractivity contribution in [2.75, 3.05) is 19.2 Å². The fourth-order valence-electron chi connectivity index (χ4n) is 3.17. The van der Waals surface area contributed by atoms with Gasteiger partial charge in [-0.25, -0.2) is 4.79 Å².